The van der Waals surface area contributed by atoms with Crippen molar-refractivity contribution in [2.45, 2.75) is 32.1 Å². The van der Waals surface area contributed by atoms with Gasteiger partial charge in [-0.2, -0.15) is 0 Å². The minimum absolute atomic E-state index is 0. The fourth-order valence-corrected chi connectivity index (χ4v) is 4.69. The molecular formula is C23H40IN5. The van der Waals surface area contributed by atoms with Crippen LogP contribution in [0, 0.1) is 5.92 Å². The smallest absolute Gasteiger partial charge is 0.193 e. The molecule has 5 nitrogen and oxygen atoms in total. The van der Waals surface area contributed by atoms with Gasteiger partial charge in [-0.1, -0.05) is 37.3 Å². The Labute approximate surface area is 194 Å². The summed E-state index contributed by atoms with van der Waals surface area (Å²) in [5, 5.41) is 3.62. The molecule has 2 aliphatic rings. The summed E-state index contributed by atoms with van der Waals surface area (Å²) in [5.41, 5.74) is 1.49. The lowest BCUT2D eigenvalue weighted by Crippen LogP contribution is -2.48. The maximum Gasteiger partial charge on any atom is 0.193 e. The molecule has 0 spiro atoms. The number of guanidine groups is 1. The van der Waals surface area contributed by atoms with Gasteiger partial charge in [-0.3, -0.25) is 4.99 Å². The van der Waals surface area contributed by atoms with Gasteiger partial charge in [0.25, 0.3) is 0 Å². The van der Waals surface area contributed by atoms with Crippen molar-refractivity contribution < 1.29 is 0 Å². The highest BCUT2D eigenvalue weighted by atomic mass is 127. The zero-order chi connectivity index (χ0) is 19.8. The number of aliphatic imine (C=N–C) groups is 1. The van der Waals surface area contributed by atoms with E-state index in [1.807, 2.05) is 7.05 Å². The van der Waals surface area contributed by atoms with Crippen LogP contribution in [0.2, 0.25) is 0 Å². The fourth-order valence-electron chi connectivity index (χ4n) is 4.69. The van der Waals surface area contributed by atoms with Crippen LogP contribution >= 0.6 is 24.0 Å². The molecule has 1 N–H and O–H groups in total. The average Bonchev–Trinajstić information content (AvgIpc) is 2.93. The molecular weight excluding hydrogens is 473 g/mol. The summed E-state index contributed by atoms with van der Waals surface area (Å²) < 4.78 is 0. The van der Waals surface area contributed by atoms with Crippen molar-refractivity contribution in [3.8, 4) is 0 Å². The van der Waals surface area contributed by atoms with Crippen LogP contribution in [0.25, 0.3) is 0 Å². The molecule has 2 aliphatic heterocycles. The number of rotatable bonds is 5. The molecule has 3 rings (SSSR count). The van der Waals surface area contributed by atoms with E-state index in [0.717, 1.165) is 25.6 Å². The molecule has 0 saturated carbocycles. The zero-order valence-corrected chi connectivity index (χ0v) is 20.8. The van der Waals surface area contributed by atoms with Gasteiger partial charge in [0.05, 0.1) is 0 Å². The first-order valence-electron chi connectivity index (χ1n) is 11.1. The maximum atomic E-state index is 4.56. The van der Waals surface area contributed by atoms with Gasteiger partial charge in [-0.05, 0) is 63.3 Å². The second-order valence-corrected chi connectivity index (χ2v) is 8.56. The summed E-state index contributed by atoms with van der Waals surface area (Å²) in [4.78, 5) is 12.1. The van der Waals surface area contributed by atoms with Gasteiger partial charge in [0, 0.05) is 39.8 Å². The van der Waals surface area contributed by atoms with Crippen molar-refractivity contribution in [1.82, 2.24) is 20.0 Å². The quantitative estimate of drug-likeness (QED) is 0.284. The van der Waals surface area contributed by atoms with Crippen LogP contribution < -0.4 is 5.32 Å². The Morgan fingerprint density at radius 2 is 1.90 bits per heavy atom. The third-order valence-corrected chi connectivity index (χ3v) is 6.39. The first-order chi connectivity index (χ1) is 13.7. The monoisotopic (exact) mass is 513 g/mol. The molecule has 2 fully saturated rings. The lowest BCUT2D eigenvalue weighted by atomic mass is 9.82. The number of nitrogens with one attached hydrogen (secondary N) is 1. The molecule has 2 heterocycles. The summed E-state index contributed by atoms with van der Waals surface area (Å²) in [6.07, 6.45) is 3.67. The van der Waals surface area contributed by atoms with E-state index in [4.69, 9.17) is 0 Å². The molecule has 2 unspecified atom stereocenters. The molecule has 1 aromatic carbocycles. The Morgan fingerprint density at radius 1 is 1.10 bits per heavy atom. The molecule has 0 aromatic heterocycles. The highest BCUT2D eigenvalue weighted by molar-refractivity contribution is 14.0. The van der Waals surface area contributed by atoms with Crippen LogP contribution in [0.15, 0.2) is 35.3 Å². The molecule has 0 radical (unpaired) electrons. The fraction of sp³-hybridized carbons (Fsp3) is 0.696. The number of benzene rings is 1. The number of nitrogens with zero attached hydrogens (tertiary/aromatic N) is 4. The van der Waals surface area contributed by atoms with E-state index in [0.29, 0.717) is 11.8 Å². The summed E-state index contributed by atoms with van der Waals surface area (Å²) in [6, 6.07) is 11.0. The molecule has 2 atom stereocenters. The van der Waals surface area contributed by atoms with Crippen molar-refractivity contribution in [3.63, 3.8) is 0 Å². The van der Waals surface area contributed by atoms with E-state index >= 15 is 0 Å². The number of likely N-dealkylation sites (N-methyl/N-ethyl adjacent to an activating group) is 1. The van der Waals surface area contributed by atoms with Crippen LogP contribution in [0.3, 0.4) is 0 Å². The van der Waals surface area contributed by atoms with Crippen molar-refractivity contribution >= 4 is 29.9 Å². The van der Waals surface area contributed by atoms with Gasteiger partial charge in [0.2, 0.25) is 0 Å². The largest absolute Gasteiger partial charge is 0.356 e. The Bertz CT molecular complexity index is 609. The van der Waals surface area contributed by atoms with E-state index in [1.165, 1.54) is 57.5 Å². The molecule has 29 heavy (non-hydrogen) atoms. The maximum absolute atomic E-state index is 4.56. The second-order valence-electron chi connectivity index (χ2n) is 8.56. The minimum atomic E-state index is 0. The van der Waals surface area contributed by atoms with Gasteiger partial charge < -0.3 is 20.0 Å². The summed E-state index contributed by atoms with van der Waals surface area (Å²) in [7, 11) is 4.15. The van der Waals surface area contributed by atoms with Crippen molar-refractivity contribution in [3.05, 3.63) is 35.9 Å². The van der Waals surface area contributed by atoms with E-state index < -0.39 is 0 Å². The highest BCUT2D eigenvalue weighted by Gasteiger charge is 2.28. The van der Waals surface area contributed by atoms with E-state index in [9.17, 15) is 0 Å². The Hall–Kier alpha value is -0.860. The Morgan fingerprint density at radius 3 is 2.62 bits per heavy atom. The van der Waals surface area contributed by atoms with Gasteiger partial charge in [-0.25, -0.2) is 0 Å². The Kier molecular flexibility index (Phi) is 10.7. The third kappa shape index (κ3) is 7.40. The lowest BCUT2D eigenvalue weighted by Gasteiger charge is -2.39. The van der Waals surface area contributed by atoms with Crippen LogP contribution in [0.1, 0.15) is 37.7 Å². The minimum Gasteiger partial charge on any atom is -0.356 e. The van der Waals surface area contributed by atoms with Crippen LogP contribution in [0.5, 0.6) is 0 Å². The van der Waals surface area contributed by atoms with Crippen molar-refractivity contribution in [1.29, 1.82) is 0 Å². The standard InChI is InChI=1S/C23H39N5.HI/c1-20-19-28(16-11-22(20)21-9-5-4-6-10-21)23(24-2)25-12-7-14-27-15-8-13-26(3)17-18-27;/h4-6,9-10,20,22H,7-8,11-19H2,1-3H3,(H,24,25);1H. The Balaban J connectivity index is 0.00000300. The van der Waals surface area contributed by atoms with Gasteiger partial charge in [-0.15, -0.1) is 24.0 Å². The molecule has 164 valence electrons. The average molecular weight is 514 g/mol. The summed E-state index contributed by atoms with van der Waals surface area (Å²) in [6.45, 7) is 11.6. The molecule has 0 bridgehead atoms. The number of hydrogen-bond acceptors (Lipinski definition) is 3. The normalized spacial score (nSPS) is 24.7. The molecule has 6 heteroatoms. The van der Waals surface area contributed by atoms with Gasteiger partial charge in [0.1, 0.15) is 0 Å². The summed E-state index contributed by atoms with van der Waals surface area (Å²) in [5.74, 6) is 2.38. The number of likely N-dealkylation sites (tertiary alicyclic amines) is 1. The van der Waals surface area contributed by atoms with E-state index in [2.05, 4.69) is 69.3 Å². The zero-order valence-electron chi connectivity index (χ0n) is 18.5. The number of halogens is 1. The lowest BCUT2D eigenvalue weighted by molar-refractivity contribution is 0.233. The molecule has 0 aliphatic carbocycles. The molecule has 2 saturated heterocycles. The van der Waals surface area contributed by atoms with E-state index in [1.54, 1.807) is 0 Å². The van der Waals surface area contributed by atoms with Crippen LogP contribution in [-0.4, -0.2) is 87.1 Å². The third-order valence-electron chi connectivity index (χ3n) is 6.39. The van der Waals surface area contributed by atoms with Crippen LogP contribution in [0.4, 0.5) is 0 Å². The van der Waals surface area contributed by atoms with Crippen molar-refractivity contribution in [2.24, 2.45) is 10.9 Å². The number of hydrogen-bond donors (Lipinski definition) is 1. The predicted molar refractivity (Wildman–Crippen MR) is 134 cm³/mol. The van der Waals surface area contributed by atoms with Gasteiger partial charge in [0.15, 0.2) is 5.96 Å². The number of piperidine rings is 1. The van der Waals surface area contributed by atoms with Crippen LogP contribution in [-0.2, 0) is 0 Å². The highest BCUT2D eigenvalue weighted by Crippen LogP contribution is 2.32. The molecule has 1 aromatic rings. The first kappa shape index (κ1) is 24.4. The predicted octanol–water partition coefficient (Wildman–Crippen LogP) is 3.33. The second kappa shape index (κ2) is 12.7. The molecule has 0 amide bonds. The summed E-state index contributed by atoms with van der Waals surface area (Å²) >= 11 is 0. The first-order valence-corrected chi connectivity index (χ1v) is 11.1. The van der Waals surface area contributed by atoms with E-state index in [-0.39, 0.29) is 24.0 Å². The topological polar surface area (TPSA) is 34.1 Å². The van der Waals surface area contributed by atoms with Gasteiger partial charge >= 0.3 is 0 Å². The SMILES string of the molecule is CN=C(NCCCN1CCCN(C)CC1)N1CCC(c2ccccc2)C(C)C1.I. The van der Waals surface area contributed by atoms with Crippen molar-refractivity contribution in [2.75, 3.05) is 66.5 Å².